The van der Waals surface area contributed by atoms with Gasteiger partial charge in [0.25, 0.3) is 0 Å². The first-order chi connectivity index (χ1) is 6.84. The van der Waals surface area contributed by atoms with Crippen molar-refractivity contribution in [2.45, 2.75) is 25.4 Å². The lowest BCUT2D eigenvalue weighted by atomic mass is 10.2. The van der Waals surface area contributed by atoms with Gasteiger partial charge in [0.15, 0.2) is 0 Å². The van der Waals surface area contributed by atoms with Crippen molar-refractivity contribution in [3.05, 3.63) is 16.6 Å². The molecule has 4 heteroatoms. The molecule has 1 atom stereocenters. The van der Waals surface area contributed by atoms with E-state index in [-0.39, 0.29) is 0 Å². The van der Waals surface area contributed by atoms with Gasteiger partial charge in [0.2, 0.25) is 0 Å². The summed E-state index contributed by atoms with van der Waals surface area (Å²) in [5.41, 5.74) is 1.90. The molecule has 1 aromatic heterocycles. The van der Waals surface area contributed by atoms with Crippen LogP contribution in [0.4, 0.5) is 0 Å². The fraction of sp³-hybridized carbons (Fsp3) is 0.700. The summed E-state index contributed by atoms with van der Waals surface area (Å²) in [5.74, 6) is 0. The van der Waals surface area contributed by atoms with Crippen LogP contribution in [0.2, 0.25) is 0 Å². The van der Waals surface area contributed by atoms with E-state index in [1.807, 2.05) is 11.7 Å². The second-order valence-electron chi connectivity index (χ2n) is 3.96. The number of hydrogen-bond donors (Lipinski definition) is 1. The number of nitrogens with zero attached hydrogens (tertiary/aromatic N) is 2. The largest absolute Gasteiger partial charge is 0.313 e. The lowest BCUT2D eigenvalue weighted by molar-refractivity contribution is 0.295. The molecule has 1 N–H and O–H groups in total. The fourth-order valence-electron chi connectivity index (χ4n) is 1.94. The summed E-state index contributed by atoms with van der Waals surface area (Å²) in [6.45, 7) is 3.37. The average Bonchev–Trinajstić information content (AvgIpc) is 2.76. The Morgan fingerprint density at radius 3 is 3.29 bits per heavy atom. The Kier molecular flexibility index (Phi) is 3.50. The normalized spacial score (nSPS) is 22.0. The van der Waals surface area contributed by atoms with E-state index in [1.165, 1.54) is 24.3 Å². The third-order valence-electron chi connectivity index (χ3n) is 2.60. The van der Waals surface area contributed by atoms with Crippen molar-refractivity contribution >= 4 is 11.3 Å². The predicted octanol–water partition coefficient (Wildman–Crippen LogP) is 1.33. The average molecular weight is 211 g/mol. The zero-order valence-corrected chi connectivity index (χ0v) is 9.39. The number of rotatable bonds is 4. The zero-order valence-electron chi connectivity index (χ0n) is 8.57. The number of likely N-dealkylation sites (N-methyl/N-ethyl adjacent to an activating group) is 1. The molecule has 0 aromatic carbocycles. The Bertz CT molecular complexity index is 254. The molecule has 0 spiro atoms. The summed E-state index contributed by atoms with van der Waals surface area (Å²) < 4.78 is 0. The number of aromatic nitrogens is 1. The van der Waals surface area contributed by atoms with E-state index in [0.717, 1.165) is 13.1 Å². The van der Waals surface area contributed by atoms with Gasteiger partial charge in [-0.1, -0.05) is 0 Å². The van der Waals surface area contributed by atoms with Gasteiger partial charge in [0.05, 0.1) is 5.51 Å². The first kappa shape index (κ1) is 10.1. The van der Waals surface area contributed by atoms with E-state index in [0.29, 0.717) is 6.04 Å². The van der Waals surface area contributed by atoms with E-state index < -0.39 is 0 Å². The van der Waals surface area contributed by atoms with E-state index in [9.17, 15) is 0 Å². The predicted molar refractivity (Wildman–Crippen MR) is 59.5 cm³/mol. The fourth-order valence-corrected chi connectivity index (χ4v) is 2.61. The van der Waals surface area contributed by atoms with Crippen molar-refractivity contribution in [3.63, 3.8) is 0 Å². The highest BCUT2D eigenvalue weighted by Crippen LogP contribution is 2.11. The van der Waals surface area contributed by atoms with Gasteiger partial charge in [0.1, 0.15) is 0 Å². The quantitative estimate of drug-likeness (QED) is 0.814. The molecule has 0 radical (unpaired) electrons. The van der Waals surface area contributed by atoms with Gasteiger partial charge in [-0.25, -0.2) is 0 Å². The van der Waals surface area contributed by atoms with Crippen LogP contribution in [0.3, 0.4) is 0 Å². The van der Waals surface area contributed by atoms with Gasteiger partial charge in [0, 0.05) is 30.2 Å². The van der Waals surface area contributed by atoms with Crippen LogP contribution in [0, 0.1) is 0 Å². The SMILES string of the molecule is CN(Cc1cncs1)C[C@H]1CCCN1. The van der Waals surface area contributed by atoms with Crippen LogP contribution in [-0.4, -0.2) is 36.1 Å². The summed E-state index contributed by atoms with van der Waals surface area (Å²) >= 11 is 1.74. The van der Waals surface area contributed by atoms with Crippen molar-refractivity contribution in [1.82, 2.24) is 15.2 Å². The Hall–Kier alpha value is -0.450. The first-order valence-corrected chi connectivity index (χ1v) is 6.02. The third kappa shape index (κ3) is 2.77. The highest BCUT2D eigenvalue weighted by atomic mass is 32.1. The molecule has 0 bridgehead atoms. The Labute approximate surface area is 89.1 Å². The smallest absolute Gasteiger partial charge is 0.0794 e. The van der Waals surface area contributed by atoms with E-state index in [2.05, 4.69) is 22.2 Å². The number of nitrogens with one attached hydrogen (secondary N) is 1. The van der Waals surface area contributed by atoms with Crippen molar-refractivity contribution in [3.8, 4) is 0 Å². The highest BCUT2D eigenvalue weighted by molar-refractivity contribution is 7.09. The van der Waals surface area contributed by atoms with Crippen LogP contribution < -0.4 is 5.32 Å². The van der Waals surface area contributed by atoms with Gasteiger partial charge in [-0.05, 0) is 26.4 Å². The minimum Gasteiger partial charge on any atom is -0.313 e. The maximum Gasteiger partial charge on any atom is 0.0794 e. The molecular weight excluding hydrogens is 194 g/mol. The molecule has 1 aliphatic rings. The summed E-state index contributed by atoms with van der Waals surface area (Å²) in [5, 5.41) is 3.51. The van der Waals surface area contributed by atoms with Crippen LogP contribution >= 0.6 is 11.3 Å². The van der Waals surface area contributed by atoms with E-state index >= 15 is 0 Å². The van der Waals surface area contributed by atoms with Gasteiger partial charge >= 0.3 is 0 Å². The van der Waals surface area contributed by atoms with Gasteiger partial charge in [-0.3, -0.25) is 9.88 Å². The molecule has 3 nitrogen and oxygen atoms in total. The molecule has 1 aromatic rings. The second kappa shape index (κ2) is 4.87. The number of hydrogen-bond acceptors (Lipinski definition) is 4. The molecule has 0 unspecified atom stereocenters. The summed E-state index contributed by atoms with van der Waals surface area (Å²) in [4.78, 5) is 7.81. The van der Waals surface area contributed by atoms with Crippen molar-refractivity contribution in [2.24, 2.45) is 0 Å². The molecule has 2 heterocycles. The molecule has 0 saturated carbocycles. The Morgan fingerprint density at radius 1 is 1.71 bits per heavy atom. The Morgan fingerprint density at radius 2 is 2.64 bits per heavy atom. The van der Waals surface area contributed by atoms with Crippen LogP contribution in [0.5, 0.6) is 0 Å². The molecule has 0 aliphatic carbocycles. The van der Waals surface area contributed by atoms with Crippen LogP contribution in [0.15, 0.2) is 11.7 Å². The summed E-state index contributed by atoms with van der Waals surface area (Å²) in [6.07, 6.45) is 4.62. The van der Waals surface area contributed by atoms with Crippen molar-refractivity contribution in [2.75, 3.05) is 20.1 Å². The molecule has 1 saturated heterocycles. The van der Waals surface area contributed by atoms with E-state index in [1.54, 1.807) is 11.3 Å². The van der Waals surface area contributed by atoms with Gasteiger partial charge in [-0.15, -0.1) is 11.3 Å². The third-order valence-corrected chi connectivity index (χ3v) is 3.37. The summed E-state index contributed by atoms with van der Waals surface area (Å²) in [6, 6.07) is 0.702. The molecule has 1 fully saturated rings. The van der Waals surface area contributed by atoms with Crippen molar-refractivity contribution < 1.29 is 0 Å². The minimum atomic E-state index is 0.702. The van der Waals surface area contributed by atoms with Crippen molar-refractivity contribution in [1.29, 1.82) is 0 Å². The lowest BCUT2D eigenvalue weighted by Gasteiger charge is -2.19. The van der Waals surface area contributed by atoms with E-state index in [4.69, 9.17) is 0 Å². The topological polar surface area (TPSA) is 28.2 Å². The van der Waals surface area contributed by atoms with Crippen LogP contribution in [-0.2, 0) is 6.54 Å². The van der Waals surface area contributed by atoms with Gasteiger partial charge < -0.3 is 5.32 Å². The number of thiazole rings is 1. The lowest BCUT2D eigenvalue weighted by Crippen LogP contribution is -2.34. The molecule has 2 rings (SSSR count). The molecule has 0 amide bonds. The first-order valence-electron chi connectivity index (χ1n) is 5.14. The molecule has 14 heavy (non-hydrogen) atoms. The standard InChI is InChI=1S/C10H17N3S/c1-13(6-9-3-2-4-12-9)7-10-5-11-8-14-10/h5,8-9,12H,2-4,6-7H2,1H3/t9-/m1/s1. The molecule has 1 aliphatic heterocycles. The van der Waals surface area contributed by atoms with Crippen LogP contribution in [0.25, 0.3) is 0 Å². The maximum absolute atomic E-state index is 4.08. The monoisotopic (exact) mass is 211 g/mol. The zero-order chi connectivity index (χ0) is 9.80. The maximum atomic E-state index is 4.08. The van der Waals surface area contributed by atoms with Crippen LogP contribution in [0.1, 0.15) is 17.7 Å². The molecule has 78 valence electrons. The van der Waals surface area contributed by atoms with Gasteiger partial charge in [-0.2, -0.15) is 0 Å². The summed E-state index contributed by atoms with van der Waals surface area (Å²) in [7, 11) is 2.18. The second-order valence-corrected chi connectivity index (χ2v) is 4.93. The Balaban J connectivity index is 1.75. The highest BCUT2D eigenvalue weighted by Gasteiger charge is 2.15. The minimum absolute atomic E-state index is 0.702. The molecular formula is C10H17N3S.